The molecule has 198 valence electrons. The number of rotatable bonds is 7. The number of hydrogen-bond donors (Lipinski definition) is 0. The first kappa shape index (κ1) is 27.1. The molecule has 0 saturated carbocycles. The van der Waals surface area contributed by atoms with Crippen LogP contribution in [0, 0.1) is 0 Å². The van der Waals surface area contributed by atoms with Crippen LogP contribution >= 0.6 is 0 Å². The molecule has 1 fully saturated rings. The van der Waals surface area contributed by atoms with Crippen molar-refractivity contribution in [2.75, 3.05) is 31.2 Å². The molecule has 1 saturated heterocycles. The van der Waals surface area contributed by atoms with Gasteiger partial charge in [-0.25, -0.2) is 4.98 Å². The van der Waals surface area contributed by atoms with Crippen molar-refractivity contribution in [3.63, 3.8) is 0 Å². The third-order valence-corrected chi connectivity index (χ3v) is 6.17. The Hall–Kier alpha value is -3.90. The predicted octanol–water partition coefficient (Wildman–Crippen LogP) is 7.32. The molecule has 0 unspecified atom stereocenters. The van der Waals surface area contributed by atoms with E-state index in [1.165, 1.54) is 0 Å². The van der Waals surface area contributed by atoms with Crippen LogP contribution in [0.1, 0.15) is 57.5 Å². The highest BCUT2D eigenvalue weighted by molar-refractivity contribution is 5.77. The average Bonchev–Trinajstić information content (AvgIpc) is 3.42. The van der Waals surface area contributed by atoms with Gasteiger partial charge in [-0.1, -0.05) is 81.5 Å². The Morgan fingerprint density at radius 3 is 2.53 bits per heavy atom. The van der Waals surface area contributed by atoms with Crippen LogP contribution in [0.3, 0.4) is 0 Å². The molecule has 2 aromatic heterocycles. The second-order valence-electron chi connectivity index (χ2n) is 8.70. The van der Waals surface area contributed by atoms with E-state index in [1.54, 1.807) is 0 Å². The molecule has 6 nitrogen and oxygen atoms in total. The third kappa shape index (κ3) is 6.32. The van der Waals surface area contributed by atoms with Crippen molar-refractivity contribution >= 4 is 28.6 Å². The number of benzene rings is 1. The molecule has 0 bridgehead atoms. The minimum absolute atomic E-state index is 0.693. The second kappa shape index (κ2) is 13.6. The Labute approximate surface area is 226 Å². The molecule has 0 amide bonds. The molecule has 0 aliphatic carbocycles. The van der Waals surface area contributed by atoms with E-state index in [-0.39, 0.29) is 0 Å². The molecule has 0 radical (unpaired) electrons. The number of nitrogens with zero attached hydrogens (tertiary/aromatic N) is 4. The van der Waals surface area contributed by atoms with Crippen molar-refractivity contribution in [1.29, 1.82) is 0 Å². The summed E-state index contributed by atoms with van der Waals surface area (Å²) in [5.74, 6) is 2.62. The maximum absolute atomic E-state index is 6.36. The Kier molecular flexibility index (Phi) is 9.71. The Morgan fingerprint density at radius 1 is 1.03 bits per heavy atom. The SMILES string of the molecule is CC.C\C=C/C(=C\C=C\CC)c1cc2nc(C3=CCC=C(c4ccccc4)O3)cc(N3CCOCC3)n2n1. The Morgan fingerprint density at radius 2 is 1.79 bits per heavy atom. The van der Waals surface area contributed by atoms with E-state index in [9.17, 15) is 0 Å². The predicted molar refractivity (Wildman–Crippen MR) is 158 cm³/mol. The normalized spacial score (nSPS) is 16.3. The monoisotopic (exact) mass is 510 g/mol. The van der Waals surface area contributed by atoms with Crippen LogP contribution in [0.15, 0.2) is 85.0 Å². The zero-order chi connectivity index (χ0) is 26.7. The molecule has 6 heteroatoms. The highest BCUT2D eigenvalue weighted by atomic mass is 16.5. The standard InChI is InChI=1S/C30H32N4O2.C2H6/c1-3-5-7-12-23(11-4-2)25-21-29-31-26(22-30(34(29)32-25)33-17-19-35-20-18-33)28-16-10-15-27(36-28)24-13-8-6-9-14-24;1-2/h4-9,11-16,21-22H,3,10,17-20H2,1-2H3;1-2H3/b7-5+,11-4-,23-12+;. The van der Waals surface area contributed by atoms with Gasteiger partial charge in [-0.15, -0.1) is 0 Å². The number of anilines is 1. The number of ether oxygens (including phenoxy) is 2. The van der Waals surface area contributed by atoms with Crippen molar-refractivity contribution < 1.29 is 9.47 Å². The zero-order valence-electron chi connectivity index (χ0n) is 22.9. The summed E-state index contributed by atoms with van der Waals surface area (Å²) in [7, 11) is 0. The lowest BCUT2D eigenvalue weighted by atomic mass is 10.1. The van der Waals surface area contributed by atoms with Crippen molar-refractivity contribution in [2.45, 2.75) is 40.5 Å². The van der Waals surface area contributed by atoms with Crippen LogP contribution in [-0.4, -0.2) is 40.9 Å². The maximum atomic E-state index is 6.36. The number of morpholine rings is 1. The minimum Gasteiger partial charge on any atom is -0.455 e. The largest absolute Gasteiger partial charge is 0.455 e. The van der Waals surface area contributed by atoms with Gasteiger partial charge in [0, 0.05) is 36.4 Å². The third-order valence-electron chi connectivity index (χ3n) is 6.17. The molecular weight excluding hydrogens is 472 g/mol. The van der Waals surface area contributed by atoms with Crippen LogP contribution in [0.4, 0.5) is 5.82 Å². The summed E-state index contributed by atoms with van der Waals surface area (Å²) in [6, 6.07) is 14.3. The summed E-state index contributed by atoms with van der Waals surface area (Å²) >= 11 is 0. The first-order valence-corrected chi connectivity index (χ1v) is 13.6. The van der Waals surface area contributed by atoms with Gasteiger partial charge < -0.3 is 14.4 Å². The molecule has 4 heterocycles. The molecule has 0 spiro atoms. The van der Waals surface area contributed by atoms with E-state index in [4.69, 9.17) is 19.6 Å². The smallest absolute Gasteiger partial charge is 0.158 e. The number of allylic oxidation sites excluding steroid dienone is 8. The summed E-state index contributed by atoms with van der Waals surface area (Å²) in [4.78, 5) is 7.31. The zero-order valence-corrected chi connectivity index (χ0v) is 22.9. The van der Waals surface area contributed by atoms with E-state index < -0.39 is 0 Å². The van der Waals surface area contributed by atoms with E-state index in [2.05, 4.69) is 72.5 Å². The highest BCUT2D eigenvalue weighted by Crippen LogP contribution is 2.32. The molecule has 0 N–H and O–H groups in total. The molecule has 2 aliphatic heterocycles. The summed E-state index contributed by atoms with van der Waals surface area (Å²) in [6.45, 7) is 11.1. The lowest BCUT2D eigenvalue weighted by Crippen LogP contribution is -2.37. The van der Waals surface area contributed by atoms with E-state index in [0.29, 0.717) is 13.2 Å². The molecule has 38 heavy (non-hydrogen) atoms. The van der Waals surface area contributed by atoms with E-state index in [1.807, 2.05) is 49.6 Å². The van der Waals surface area contributed by atoms with Gasteiger partial charge in [0.15, 0.2) is 5.65 Å². The minimum atomic E-state index is 0.693. The summed E-state index contributed by atoms with van der Waals surface area (Å²) in [5, 5.41) is 4.98. The number of fused-ring (bicyclic) bond motifs is 1. The van der Waals surface area contributed by atoms with Gasteiger partial charge in [0.1, 0.15) is 23.0 Å². The van der Waals surface area contributed by atoms with Gasteiger partial charge >= 0.3 is 0 Å². The molecule has 3 aromatic rings. The topological polar surface area (TPSA) is 51.9 Å². The molecular formula is C32H38N4O2. The van der Waals surface area contributed by atoms with Gasteiger partial charge in [-0.2, -0.15) is 9.61 Å². The van der Waals surface area contributed by atoms with Crippen molar-refractivity contribution in [3.8, 4) is 0 Å². The Balaban J connectivity index is 0.00000164. The van der Waals surface area contributed by atoms with Gasteiger partial charge in [-0.05, 0) is 31.9 Å². The van der Waals surface area contributed by atoms with Crippen molar-refractivity contribution in [2.24, 2.45) is 0 Å². The van der Waals surface area contributed by atoms with Crippen LogP contribution in [-0.2, 0) is 9.47 Å². The van der Waals surface area contributed by atoms with E-state index >= 15 is 0 Å². The Bertz CT molecular complexity index is 1360. The fraction of sp³-hybridized carbons (Fsp3) is 0.312. The number of aromatic nitrogens is 3. The van der Waals surface area contributed by atoms with Crippen molar-refractivity contribution in [1.82, 2.24) is 14.6 Å². The van der Waals surface area contributed by atoms with Gasteiger partial charge in [-0.3, -0.25) is 0 Å². The molecule has 1 aromatic carbocycles. The molecule has 5 rings (SSSR count). The molecule has 0 atom stereocenters. The van der Waals surface area contributed by atoms with Crippen LogP contribution in [0.5, 0.6) is 0 Å². The molecule has 2 aliphatic rings. The average molecular weight is 511 g/mol. The summed E-state index contributed by atoms with van der Waals surface area (Å²) in [6.07, 6.45) is 16.4. The first-order valence-electron chi connectivity index (χ1n) is 13.6. The highest BCUT2D eigenvalue weighted by Gasteiger charge is 2.21. The van der Waals surface area contributed by atoms with E-state index in [0.717, 1.165) is 71.4 Å². The summed E-state index contributed by atoms with van der Waals surface area (Å²) < 4.78 is 13.9. The maximum Gasteiger partial charge on any atom is 0.158 e. The van der Waals surface area contributed by atoms with Gasteiger partial charge in [0.25, 0.3) is 0 Å². The summed E-state index contributed by atoms with van der Waals surface area (Å²) in [5.41, 5.74) is 4.59. The van der Waals surface area contributed by atoms with Crippen LogP contribution in [0.2, 0.25) is 0 Å². The second-order valence-corrected chi connectivity index (χ2v) is 8.70. The van der Waals surface area contributed by atoms with Crippen molar-refractivity contribution in [3.05, 3.63) is 102 Å². The lowest BCUT2D eigenvalue weighted by Gasteiger charge is -2.29. The quantitative estimate of drug-likeness (QED) is 0.312. The van der Waals surface area contributed by atoms with Crippen LogP contribution in [0.25, 0.3) is 22.7 Å². The fourth-order valence-corrected chi connectivity index (χ4v) is 4.37. The van der Waals surface area contributed by atoms with Crippen LogP contribution < -0.4 is 4.90 Å². The van der Waals surface area contributed by atoms with Gasteiger partial charge in [0.05, 0.1) is 18.9 Å². The lowest BCUT2D eigenvalue weighted by molar-refractivity contribution is 0.122. The van der Waals surface area contributed by atoms with Gasteiger partial charge in [0.2, 0.25) is 0 Å². The number of hydrogen-bond acceptors (Lipinski definition) is 5. The first-order chi connectivity index (χ1) is 18.8. The fourth-order valence-electron chi connectivity index (χ4n) is 4.37.